The van der Waals surface area contributed by atoms with Gasteiger partial charge >= 0.3 is 0 Å². The minimum atomic E-state index is -0.0616. The highest BCUT2D eigenvalue weighted by Crippen LogP contribution is 2.29. The molecule has 0 bridgehead atoms. The van der Waals surface area contributed by atoms with E-state index >= 15 is 0 Å². The molecule has 0 fully saturated rings. The van der Waals surface area contributed by atoms with Crippen LogP contribution in [0.3, 0.4) is 0 Å². The highest BCUT2D eigenvalue weighted by atomic mass is 79.9. The summed E-state index contributed by atoms with van der Waals surface area (Å²) in [5.74, 6) is 0.955. The SMILES string of the molecule is Cc1ccc(Oc2cccc(C(N)=NO)n2)c(Br)c1. The minimum absolute atomic E-state index is 0.0616. The van der Waals surface area contributed by atoms with Crippen LogP contribution in [0.5, 0.6) is 11.6 Å². The number of ether oxygens (including phenoxy) is 1. The van der Waals surface area contributed by atoms with Gasteiger partial charge in [0.25, 0.3) is 0 Å². The maximum Gasteiger partial charge on any atom is 0.219 e. The lowest BCUT2D eigenvalue weighted by atomic mass is 10.2. The monoisotopic (exact) mass is 321 g/mol. The lowest BCUT2D eigenvalue weighted by molar-refractivity contribution is 0.318. The summed E-state index contributed by atoms with van der Waals surface area (Å²) in [6, 6.07) is 10.8. The quantitative estimate of drug-likeness (QED) is 0.394. The first kappa shape index (κ1) is 13.4. The van der Waals surface area contributed by atoms with Gasteiger partial charge in [-0.1, -0.05) is 17.3 Å². The van der Waals surface area contributed by atoms with Crippen molar-refractivity contribution in [1.82, 2.24) is 4.98 Å². The zero-order valence-electron chi connectivity index (χ0n) is 10.2. The fourth-order valence-corrected chi connectivity index (χ4v) is 2.04. The summed E-state index contributed by atoms with van der Waals surface area (Å²) >= 11 is 3.42. The highest BCUT2D eigenvalue weighted by Gasteiger charge is 2.06. The normalized spacial score (nSPS) is 11.4. The number of oxime groups is 1. The average Bonchev–Trinajstić information content (AvgIpc) is 2.41. The molecule has 6 heteroatoms. The number of nitrogens with two attached hydrogens (primary N) is 1. The van der Waals surface area contributed by atoms with Crippen LogP contribution in [-0.2, 0) is 0 Å². The molecule has 0 radical (unpaired) electrons. The van der Waals surface area contributed by atoms with Gasteiger partial charge in [0, 0.05) is 6.07 Å². The molecule has 0 aliphatic rings. The van der Waals surface area contributed by atoms with Crippen LogP contribution in [-0.4, -0.2) is 16.0 Å². The maximum atomic E-state index is 8.62. The predicted molar refractivity (Wildman–Crippen MR) is 75.7 cm³/mol. The van der Waals surface area contributed by atoms with Crippen molar-refractivity contribution in [3.63, 3.8) is 0 Å². The van der Waals surface area contributed by atoms with E-state index in [2.05, 4.69) is 26.1 Å². The Balaban J connectivity index is 2.28. The van der Waals surface area contributed by atoms with Gasteiger partial charge in [0.2, 0.25) is 5.88 Å². The van der Waals surface area contributed by atoms with Gasteiger partial charge in [-0.2, -0.15) is 0 Å². The molecule has 5 nitrogen and oxygen atoms in total. The van der Waals surface area contributed by atoms with E-state index in [1.54, 1.807) is 18.2 Å². The number of aromatic nitrogens is 1. The molecular weight excluding hydrogens is 310 g/mol. The summed E-state index contributed by atoms with van der Waals surface area (Å²) in [5, 5.41) is 11.5. The third kappa shape index (κ3) is 3.23. The second-order valence-electron chi connectivity index (χ2n) is 3.88. The molecule has 1 heterocycles. The zero-order chi connectivity index (χ0) is 13.8. The summed E-state index contributed by atoms with van der Waals surface area (Å²) in [5.41, 5.74) is 6.95. The number of aryl methyl sites for hydroxylation is 1. The Morgan fingerprint density at radius 2 is 2.16 bits per heavy atom. The number of amidine groups is 1. The van der Waals surface area contributed by atoms with Gasteiger partial charge in [-0.3, -0.25) is 0 Å². The summed E-state index contributed by atoms with van der Waals surface area (Å²) in [6.45, 7) is 1.99. The van der Waals surface area contributed by atoms with E-state index in [1.165, 1.54) is 0 Å². The minimum Gasteiger partial charge on any atom is -0.438 e. The Hall–Kier alpha value is -2.08. The number of benzene rings is 1. The van der Waals surface area contributed by atoms with Gasteiger partial charge in [0.05, 0.1) is 4.47 Å². The molecule has 0 unspecified atom stereocenters. The number of halogens is 1. The van der Waals surface area contributed by atoms with Crippen molar-refractivity contribution in [3.8, 4) is 11.6 Å². The van der Waals surface area contributed by atoms with Crippen molar-refractivity contribution in [2.75, 3.05) is 0 Å². The van der Waals surface area contributed by atoms with Crippen molar-refractivity contribution < 1.29 is 9.94 Å². The molecule has 3 N–H and O–H groups in total. The second-order valence-corrected chi connectivity index (χ2v) is 4.74. The van der Waals surface area contributed by atoms with Gasteiger partial charge in [-0.15, -0.1) is 0 Å². The third-order valence-electron chi connectivity index (χ3n) is 2.40. The van der Waals surface area contributed by atoms with Crippen molar-refractivity contribution in [2.45, 2.75) is 6.92 Å². The number of nitrogens with zero attached hydrogens (tertiary/aromatic N) is 2. The largest absolute Gasteiger partial charge is 0.438 e. The first-order valence-corrected chi connectivity index (χ1v) is 6.28. The van der Waals surface area contributed by atoms with Crippen LogP contribution in [0.4, 0.5) is 0 Å². The van der Waals surface area contributed by atoms with Crippen LogP contribution in [0, 0.1) is 6.92 Å². The Morgan fingerprint density at radius 1 is 1.37 bits per heavy atom. The van der Waals surface area contributed by atoms with E-state index < -0.39 is 0 Å². The lowest BCUT2D eigenvalue weighted by Gasteiger charge is -2.08. The van der Waals surface area contributed by atoms with Crippen LogP contribution in [0.25, 0.3) is 0 Å². The molecule has 0 spiro atoms. The average molecular weight is 322 g/mol. The lowest BCUT2D eigenvalue weighted by Crippen LogP contribution is -2.14. The van der Waals surface area contributed by atoms with Crippen molar-refractivity contribution in [2.24, 2.45) is 10.9 Å². The standard InChI is InChI=1S/C13H12BrN3O2/c1-8-5-6-11(9(14)7-8)19-12-4-2-3-10(16-12)13(15)17-18/h2-7,18H,1H3,(H2,15,17). The third-order valence-corrected chi connectivity index (χ3v) is 3.02. The van der Waals surface area contributed by atoms with Crippen molar-refractivity contribution in [3.05, 3.63) is 52.1 Å². The number of hydrogen-bond acceptors (Lipinski definition) is 4. The van der Waals surface area contributed by atoms with Crippen LogP contribution in [0.1, 0.15) is 11.3 Å². The molecule has 0 aliphatic heterocycles. The van der Waals surface area contributed by atoms with Crippen molar-refractivity contribution >= 4 is 21.8 Å². The molecule has 1 aromatic heterocycles. The predicted octanol–water partition coefficient (Wildman–Crippen LogP) is 3.04. The van der Waals surface area contributed by atoms with E-state index in [4.69, 9.17) is 15.7 Å². The van der Waals surface area contributed by atoms with Gasteiger partial charge < -0.3 is 15.7 Å². The van der Waals surface area contributed by atoms with E-state index in [0.717, 1.165) is 10.0 Å². The highest BCUT2D eigenvalue weighted by molar-refractivity contribution is 9.10. The van der Waals surface area contributed by atoms with Gasteiger partial charge in [-0.05, 0) is 46.6 Å². The molecule has 0 atom stereocenters. The molecule has 1 aromatic carbocycles. The summed E-state index contributed by atoms with van der Waals surface area (Å²) in [7, 11) is 0. The van der Waals surface area contributed by atoms with E-state index in [0.29, 0.717) is 17.3 Å². The molecule has 0 amide bonds. The van der Waals surface area contributed by atoms with E-state index in [1.807, 2.05) is 25.1 Å². The molecule has 0 saturated carbocycles. The zero-order valence-corrected chi connectivity index (χ0v) is 11.8. The molecule has 2 rings (SSSR count). The van der Waals surface area contributed by atoms with E-state index in [-0.39, 0.29) is 5.84 Å². The van der Waals surface area contributed by atoms with Crippen LogP contribution < -0.4 is 10.5 Å². The second kappa shape index (κ2) is 5.71. The van der Waals surface area contributed by atoms with Gasteiger partial charge in [0.1, 0.15) is 11.4 Å². The Bertz CT molecular complexity index is 629. The van der Waals surface area contributed by atoms with Crippen LogP contribution in [0.2, 0.25) is 0 Å². The molecule has 19 heavy (non-hydrogen) atoms. The summed E-state index contributed by atoms with van der Waals surface area (Å²) < 4.78 is 6.49. The van der Waals surface area contributed by atoms with Gasteiger partial charge in [-0.25, -0.2) is 4.98 Å². The smallest absolute Gasteiger partial charge is 0.219 e. The first-order chi connectivity index (χ1) is 9.10. The topological polar surface area (TPSA) is 80.7 Å². The molecule has 98 valence electrons. The molecule has 0 saturated heterocycles. The first-order valence-electron chi connectivity index (χ1n) is 5.49. The summed E-state index contributed by atoms with van der Waals surface area (Å²) in [4.78, 5) is 4.14. The van der Waals surface area contributed by atoms with E-state index in [9.17, 15) is 0 Å². The number of rotatable bonds is 3. The Kier molecular flexibility index (Phi) is 4.01. The molecule has 2 aromatic rings. The van der Waals surface area contributed by atoms with Crippen LogP contribution in [0.15, 0.2) is 46.0 Å². The van der Waals surface area contributed by atoms with Crippen LogP contribution >= 0.6 is 15.9 Å². The number of pyridine rings is 1. The molecular formula is C13H12BrN3O2. The number of hydrogen-bond donors (Lipinski definition) is 2. The fraction of sp³-hybridized carbons (Fsp3) is 0.0769. The summed E-state index contributed by atoms with van der Waals surface area (Å²) in [6.07, 6.45) is 0. The fourth-order valence-electron chi connectivity index (χ4n) is 1.47. The Labute approximate surface area is 118 Å². The maximum absolute atomic E-state index is 8.62. The molecule has 0 aliphatic carbocycles. The van der Waals surface area contributed by atoms with Crippen molar-refractivity contribution in [1.29, 1.82) is 0 Å². The Morgan fingerprint density at radius 3 is 2.84 bits per heavy atom. The van der Waals surface area contributed by atoms with Gasteiger partial charge in [0.15, 0.2) is 5.84 Å².